The summed E-state index contributed by atoms with van der Waals surface area (Å²) in [5.74, 6) is -1.78. The van der Waals surface area contributed by atoms with Crippen molar-refractivity contribution in [1.82, 2.24) is 0 Å². The normalized spacial score (nSPS) is 19.3. The van der Waals surface area contributed by atoms with Gasteiger partial charge in [-0.1, -0.05) is 6.92 Å². The van der Waals surface area contributed by atoms with E-state index in [1.54, 1.807) is 6.92 Å². The van der Waals surface area contributed by atoms with Crippen LogP contribution in [0.2, 0.25) is 0 Å². The first kappa shape index (κ1) is 8.88. The molecule has 0 aromatic carbocycles. The largest absolute Gasteiger partial charge is 0.364 e. The summed E-state index contributed by atoms with van der Waals surface area (Å²) in [6.45, 7) is 4.70. The van der Waals surface area contributed by atoms with Crippen LogP contribution in [-0.4, -0.2) is 21.5 Å². The minimum atomic E-state index is -1.78. The Morgan fingerprint density at radius 3 is 1.67 bits per heavy atom. The maximum absolute atomic E-state index is 8.98. The fourth-order valence-corrected chi connectivity index (χ4v) is 0.335. The van der Waals surface area contributed by atoms with Gasteiger partial charge in [0.15, 0.2) is 5.79 Å². The van der Waals surface area contributed by atoms with E-state index < -0.39 is 11.3 Å². The summed E-state index contributed by atoms with van der Waals surface area (Å²) in [6.07, 6.45) is 0.538. The lowest BCUT2D eigenvalue weighted by Gasteiger charge is -2.34. The molecule has 56 valence electrons. The fraction of sp³-hybridized carbons (Fsp3) is 1.00. The van der Waals surface area contributed by atoms with Crippen LogP contribution in [0.25, 0.3) is 0 Å². The Morgan fingerprint density at radius 1 is 1.33 bits per heavy atom. The van der Waals surface area contributed by atoms with E-state index >= 15 is 0 Å². The van der Waals surface area contributed by atoms with Gasteiger partial charge in [-0.05, 0) is 20.3 Å². The van der Waals surface area contributed by atoms with Gasteiger partial charge in [0.05, 0.1) is 5.54 Å². The lowest BCUT2D eigenvalue weighted by molar-refractivity contribution is -0.191. The standard InChI is InChI=1S/C6H15NO2/c1-4-5(2,7)6(3,8)9/h8-9H,4,7H2,1-3H3. The van der Waals surface area contributed by atoms with Gasteiger partial charge in [0.2, 0.25) is 0 Å². The summed E-state index contributed by atoms with van der Waals surface area (Å²) in [5, 5.41) is 18.0. The number of hydrogen-bond donors (Lipinski definition) is 3. The van der Waals surface area contributed by atoms with Crippen molar-refractivity contribution in [2.45, 2.75) is 38.5 Å². The predicted molar refractivity (Wildman–Crippen MR) is 35.7 cm³/mol. The minimum Gasteiger partial charge on any atom is -0.364 e. The highest BCUT2D eigenvalue weighted by molar-refractivity contribution is 4.87. The van der Waals surface area contributed by atoms with E-state index in [4.69, 9.17) is 15.9 Å². The van der Waals surface area contributed by atoms with Crippen LogP contribution in [0.3, 0.4) is 0 Å². The molecule has 0 amide bonds. The molecule has 4 N–H and O–H groups in total. The van der Waals surface area contributed by atoms with Crippen LogP contribution in [0, 0.1) is 0 Å². The summed E-state index contributed by atoms with van der Waals surface area (Å²) in [5.41, 5.74) is 4.58. The number of rotatable bonds is 2. The van der Waals surface area contributed by atoms with Gasteiger partial charge in [0.25, 0.3) is 0 Å². The molecule has 0 aromatic rings. The van der Waals surface area contributed by atoms with Crippen LogP contribution < -0.4 is 5.73 Å². The van der Waals surface area contributed by atoms with Crippen LogP contribution in [0.4, 0.5) is 0 Å². The highest BCUT2D eigenvalue weighted by Crippen LogP contribution is 2.18. The molecule has 3 heteroatoms. The van der Waals surface area contributed by atoms with Crippen molar-refractivity contribution in [3.05, 3.63) is 0 Å². The Balaban J connectivity index is 4.14. The Morgan fingerprint density at radius 2 is 1.67 bits per heavy atom. The Bertz CT molecular complexity index is 93.7. The smallest absolute Gasteiger partial charge is 0.177 e. The van der Waals surface area contributed by atoms with E-state index in [0.29, 0.717) is 6.42 Å². The number of nitrogens with two attached hydrogens (primary N) is 1. The zero-order valence-electron chi connectivity index (χ0n) is 6.18. The Labute approximate surface area is 55.5 Å². The summed E-state index contributed by atoms with van der Waals surface area (Å²) in [7, 11) is 0. The second-order valence-corrected chi connectivity index (χ2v) is 2.79. The minimum absolute atomic E-state index is 0.538. The molecule has 0 saturated carbocycles. The van der Waals surface area contributed by atoms with Crippen LogP contribution in [0.1, 0.15) is 27.2 Å². The van der Waals surface area contributed by atoms with Gasteiger partial charge in [-0.2, -0.15) is 0 Å². The topological polar surface area (TPSA) is 66.5 Å². The second-order valence-electron chi connectivity index (χ2n) is 2.79. The third-order valence-corrected chi connectivity index (χ3v) is 1.82. The molecule has 0 aliphatic carbocycles. The third-order valence-electron chi connectivity index (χ3n) is 1.82. The van der Waals surface area contributed by atoms with Crippen LogP contribution in [0.15, 0.2) is 0 Å². The van der Waals surface area contributed by atoms with E-state index in [1.807, 2.05) is 6.92 Å². The molecule has 0 aromatic heterocycles. The van der Waals surface area contributed by atoms with Crippen LogP contribution in [0.5, 0.6) is 0 Å². The summed E-state index contributed by atoms with van der Waals surface area (Å²) < 4.78 is 0. The molecule has 0 fully saturated rings. The zero-order chi connectivity index (χ0) is 7.71. The summed E-state index contributed by atoms with van der Waals surface area (Å²) in [4.78, 5) is 0. The van der Waals surface area contributed by atoms with E-state index in [0.717, 1.165) is 0 Å². The Kier molecular flexibility index (Phi) is 2.22. The summed E-state index contributed by atoms with van der Waals surface area (Å²) >= 11 is 0. The van der Waals surface area contributed by atoms with Crippen molar-refractivity contribution in [2.75, 3.05) is 0 Å². The SMILES string of the molecule is CCC(C)(N)C(C)(O)O. The molecule has 0 heterocycles. The molecular formula is C6H15NO2. The molecule has 0 saturated heterocycles. The number of hydrogen-bond acceptors (Lipinski definition) is 3. The first-order valence-corrected chi connectivity index (χ1v) is 3.05. The zero-order valence-corrected chi connectivity index (χ0v) is 6.18. The van der Waals surface area contributed by atoms with Crippen molar-refractivity contribution in [3.8, 4) is 0 Å². The van der Waals surface area contributed by atoms with Crippen molar-refractivity contribution in [2.24, 2.45) is 5.73 Å². The van der Waals surface area contributed by atoms with Crippen molar-refractivity contribution >= 4 is 0 Å². The van der Waals surface area contributed by atoms with Gasteiger partial charge in [-0.25, -0.2) is 0 Å². The molecular weight excluding hydrogens is 118 g/mol. The monoisotopic (exact) mass is 133 g/mol. The molecule has 3 nitrogen and oxygen atoms in total. The molecule has 9 heavy (non-hydrogen) atoms. The van der Waals surface area contributed by atoms with Crippen molar-refractivity contribution in [1.29, 1.82) is 0 Å². The average molecular weight is 133 g/mol. The molecule has 0 spiro atoms. The highest BCUT2D eigenvalue weighted by atomic mass is 16.5. The second kappa shape index (κ2) is 2.25. The van der Waals surface area contributed by atoms with Crippen molar-refractivity contribution < 1.29 is 10.2 Å². The van der Waals surface area contributed by atoms with Crippen LogP contribution in [-0.2, 0) is 0 Å². The molecule has 0 aliphatic rings. The van der Waals surface area contributed by atoms with E-state index in [2.05, 4.69) is 0 Å². The first-order valence-electron chi connectivity index (χ1n) is 3.05. The van der Waals surface area contributed by atoms with Gasteiger partial charge < -0.3 is 15.9 Å². The van der Waals surface area contributed by atoms with Crippen LogP contribution >= 0.6 is 0 Å². The first-order chi connectivity index (χ1) is 3.81. The predicted octanol–water partition coefficient (Wildman–Crippen LogP) is -0.185. The van der Waals surface area contributed by atoms with Gasteiger partial charge in [0.1, 0.15) is 0 Å². The molecule has 0 rings (SSSR count). The molecule has 0 bridgehead atoms. The van der Waals surface area contributed by atoms with Crippen molar-refractivity contribution in [3.63, 3.8) is 0 Å². The Hall–Kier alpha value is -0.120. The van der Waals surface area contributed by atoms with Gasteiger partial charge in [-0.3, -0.25) is 0 Å². The maximum Gasteiger partial charge on any atom is 0.177 e. The summed E-state index contributed by atoms with van der Waals surface area (Å²) in [6, 6.07) is 0. The van der Waals surface area contributed by atoms with E-state index in [9.17, 15) is 0 Å². The number of aliphatic hydroxyl groups is 2. The fourth-order valence-electron chi connectivity index (χ4n) is 0.335. The highest BCUT2D eigenvalue weighted by Gasteiger charge is 2.36. The van der Waals surface area contributed by atoms with Gasteiger partial charge >= 0.3 is 0 Å². The maximum atomic E-state index is 8.98. The average Bonchev–Trinajstić information content (AvgIpc) is 1.64. The lowest BCUT2D eigenvalue weighted by atomic mass is 9.91. The quantitative estimate of drug-likeness (QED) is 0.457. The lowest BCUT2D eigenvalue weighted by Crippen LogP contribution is -2.56. The molecule has 0 radical (unpaired) electrons. The van der Waals surface area contributed by atoms with E-state index in [1.165, 1.54) is 6.92 Å². The molecule has 1 unspecified atom stereocenters. The van der Waals surface area contributed by atoms with E-state index in [-0.39, 0.29) is 0 Å². The molecule has 0 aliphatic heterocycles. The van der Waals surface area contributed by atoms with Gasteiger partial charge in [0, 0.05) is 0 Å². The third kappa shape index (κ3) is 1.93. The van der Waals surface area contributed by atoms with Gasteiger partial charge in [-0.15, -0.1) is 0 Å². The molecule has 1 atom stereocenters.